The number of hydrogen-bond donors (Lipinski definition) is 2. The van der Waals surface area contributed by atoms with E-state index in [0.29, 0.717) is 29.5 Å². The predicted octanol–water partition coefficient (Wildman–Crippen LogP) is 3.54. The zero-order valence-electron chi connectivity index (χ0n) is 14.0. The Morgan fingerprint density at radius 1 is 1.36 bits per heavy atom. The molecule has 0 radical (unpaired) electrons. The molecule has 1 aromatic heterocycles. The molecule has 7 heteroatoms. The summed E-state index contributed by atoms with van der Waals surface area (Å²) in [5, 5.41) is 12.3. The Morgan fingerprint density at radius 3 is 2.80 bits per heavy atom. The molecule has 0 aliphatic heterocycles. The van der Waals surface area contributed by atoms with Gasteiger partial charge in [0.2, 0.25) is 5.91 Å². The van der Waals surface area contributed by atoms with Gasteiger partial charge in [0.25, 0.3) is 0 Å². The van der Waals surface area contributed by atoms with Gasteiger partial charge < -0.3 is 14.8 Å². The number of hydrogen-bond acceptors (Lipinski definition) is 4. The summed E-state index contributed by atoms with van der Waals surface area (Å²) in [4.78, 5) is 27.1. The molecule has 1 amide bonds. The van der Waals surface area contributed by atoms with Crippen molar-refractivity contribution >= 4 is 23.5 Å². The minimum absolute atomic E-state index is 0.137. The van der Waals surface area contributed by atoms with Crippen molar-refractivity contribution in [2.45, 2.75) is 32.6 Å². The van der Waals surface area contributed by atoms with Gasteiger partial charge in [0, 0.05) is 24.9 Å². The number of aromatic nitrogens is 1. The predicted molar refractivity (Wildman–Crippen MR) is 94.3 cm³/mol. The summed E-state index contributed by atoms with van der Waals surface area (Å²) in [6.45, 7) is 2.05. The summed E-state index contributed by atoms with van der Waals surface area (Å²) in [7, 11) is 0. The number of nitrogens with zero attached hydrogens (tertiary/aromatic N) is 1. The van der Waals surface area contributed by atoms with Crippen LogP contribution in [-0.2, 0) is 16.0 Å². The molecular formula is C18H21ClN2O4. The largest absolute Gasteiger partial charge is 0.481 e. The summed E-state index contributed by atoms with van der Waals surface area (Å²) in [5.41, 5.74) is 0.747. The van der Waals surface area contributed by atoms with Crippen LogP contribution in [0.2, 0.25) is 5.02 Å². The molecular weight excluding hydrogens is 344 g/mol. The number of carboxylic acids is 1. The Labute approximate surface area is 151 Å². The third kappa shape index (κ3) is 5.60. The van der Waals surface area contributed by atoms with E-state index >= 15 is 0 Å². The molecule has 0 saturated carbocycles. The fourth-order valence-electron chi connectivity index (χ4n) is 2.42. The van der Waals surface area contributed by atoms with Gasteiger partial charge in [-0.2, -0.15) is 0 Å². The molecule has 1 unspecified atom stereocenters. The molecule has 0 saturated heterocycles. The third-order valence-corrected chi connectivity index (χ3v) is 4.12. The summed E-state index contributed by atoms with van der Waals surface area (Å²) in [5.74, 6) is -0.676. The first-order valence-corrected chi connectivity index (χ1v) is 8.58. The van der Waals surface area contributed by atoms with Gasteiger partial charge in [0.05, 0.1) is 17.1 Å². The van der Waals surface area contributed by atoms with Crippen LogP contribution in [0, 0.1) is 5.92 Å². The lowest BCUT2D eigenvalue weighted by Crippen LogP contribution is -2.33. The van der Waals surface area contributed by atoms with Crippen LogP contribution in [0.4, 0.5) is 0 Å². The van der Waals surface area contributed by atoms with Gasteiger partial charge in [-0.1, -0.05) is 37.1 Å². The first-order chi connectivity index (χ1) is 12.0. The van der Waals surface area contributed by atoms with Crippen LogP contribution in [-0.4, -0.2) is 28.5 Å². The highest BCUT2D eigenvalue weighted by atomic mass is 35.5. The standard InChI is InChI=1S/C18H21ClN2O4/c1-2-5-12(18(23)24)10-20-16(22)8-9-17-21-11-15(25-17)13-6-3-4-7-14(13)19/h3-4,6-7,11-12H,2,5,8-10H2,1H3,(H,20,22)(H,23,24). The number of amides is 1. The molecule has 6 nitrogen and oxygen atoms in total. The molecule has 2 rings (SSSR count). The first-order valence-electron chi connectivity index (χ1n) is 8.20. The lowest BCUT2D eigenvalue weighted by atomic mass is 10.0. The number of carbonyl (C=O) groups is 2. The van der Waals surface area contributed by atoms with Crippen molar-refractivity contribution in [3.63, 3.8) is 0 Å². The van der Waals surface area contributed by atoms with Gasteiger partial charge in [-0.25, -0.2) is 4.98 Å². The molecule has 0 aliphatic carbocycles. The van der Waals surface area contributed by atoms with E-state index in [1.807, 2.05) is 25.1 Å². The monoisotopic (exact) mass is 364 g/mol. The summed E-state index contributed by atoms with van der Waals surface area (Å²) in [6, 6.07) is 7.28. The van der Waals surface area contributed by atoms with Gasteiger partial charge in [-0.3, -0.25) is 9.59 Å². The van der Waals surface area contributed by atoms with E-state index in [0.717, 1.165) is 12.0 Å². The molecule has 134 valence electrons. The molecule has 1 heterocycles. The van der Waals surface area contributed by atoms with Crippen molar-refractivity contribution in [1.82, 2.24) is 10.3 Å². The Kier molecular flexibility index (Phi) is 7.01. The van der Waals surface area contributed by atoms with Gasteiger partial charge >= 0.3 is 5.97 Å². The van der Waals surface area contributed by atoms with E-state index in [9.17, 15) is 9.59 Å². The summed E-state index contributed by atoms with van der Waals surface area (Å²) in [6.07, 6.45) is 3.39. The van der Waals surface area contributed by atoms with E-state index in [4.69, 9.17) is 21.1 Å². The molecule has 0 aliphatic rings. The van der Waals surface area contributed by atoms with Crippen molar-refractivity contribution in [3.8, 4) is 11.3 Å². The third-order valence-electron chi connectivity index (χ3n) is 3.79. The number of aliphatic carboxylic acids is 1. The Hall–Kier alpha value is -2.34. The van der Waals surface area contributed by atoms with Gasteiger partial charge in [-0.15, -0.1) is 0 Å². The number of rotatable bonds is 9. The van der Waals surface area contributed by atoms with E-state index < -0.39 is 11.9 Å². The van der Waals surface area contributed by atoms with Crippen molar-refractivity contribution in [2.75, 3.05) is 6.54 Å². The average molecular weight is 365 g/mol. The number of carboxylic acid groups (broad SMARTS) is 1. The maximum atomic E-state index is 11.9. The van der Waals surface area contributed by atoms with Crippen LogP contribution in [0.5, 0.6) is 0 Å². The molecule has 2 aromatic rings. The smallest absolute Gasteiger partial charge is 0.308 e. The van der Waals surface area contributed by atoms with Crippen molar-refractivity contribution in [2.24, 2.45) is 5.92 Å². The van der Waals surface area contributed by atoms with Crippen LogP contribution >= 0.6 is 11.6 Å². The number of benzene rings is 1. The fraction of sp³-hybridized carbons (Fsp3) is 0.389. The van der Waals surface area contributed by atoms with Crippen molar-refractivity contribution in [3.05, 3.63) is 41.4 Å². The minimum atomic E-state index is -0.890. The summed E-state index contributed by atoms with van der Waals surface area (Å²) >= 11 is 6.12. The fourth-order valence-corrected chi connectivity index (χ4v) is 2.65. The minimum Gasteiger partial charge on any atom is -0.481 e. The number of carbonyl (C=O) groups excluding carboxylic acids is 1. The van der Waals surface area contributed by atoms with E-state index in [-0.39, 0.29) is 18.9 Å². The van der Waals surface area contributed by atoms with Crippen LogP contribution < -0.4 is 5.32 Å². The lowest BCUT2D eigenvalue weighted by molar-refractivity contribution is -0.141. The van der Waals surface area contributed by atoms with E-state index in [2.05, 4.69) is 10.3 Å². The Bertz CT molecular complexity index is 729. The zero-order chi connectivity index (χ0) is 18.2. The van der Waals surface area contributed by atoms with Gasteiger partial charge in [0.1, 0.15) is 0 Å². The number of aryl methyl sites for hydroxylation is 1. The highest BCUT2D eigenvalue weighted by Crippen LogP contribution is 2.28. The molecule has 1 atom stereocenters. The van der Waals surface area contributed by atoms with Crippen molar-refractivity contribution in [1.29, 1.82) is 0 Å². The average Bonchev–Trinajstić information content (AvgIpc) is 3.05. The lowest BCUT2D eigenvalue weighted by Gasteiger charge is -2.11. The normalized spacial score (nSPS) is 11.9. The molecule has 1 aromatic carbocycles. The number of nitrogens with one attached hydrogen (secondary N) is 1. The van der Waals surface area contributed by atoms with Gasteiger partial charge in [0.15, 0.2) is 11.7 Å². The van der Waals surface area contributed by atoms with Crippen LogP contribution in [0.1, 0.15) is 32.1 Å². The van der Waals surface area contributed by atoms with Gasteiger partial charge in [-0.05, 0) is 18.6 Å². The SMILES string of the molecule is CCCC(CNC(=O)CCc1ncc(-c2ccccc2Cl)o1)C(=O)O. The van der Waals surface area contributed by atoms with E-state index in [1.165, 1.54) is 0 Å². The Balaban J connectivity index is 1.84. The maximum Gasteiger partial charge on any atom is 0.308 e. The second kappa shape index (κ2) is 9.22. The molecule has 2 N–H and O–H groups in total. The first kappa shape index (κ1) is 19.0. The van der Waals surface area contributed by atoms with Crippen LogP contribution in [0.25, 0.3) is 11.3 Å². The highest BCUT2D eigenvalue weighted by Gasteiger charge is 2.17. The maximum absolute atomic E-state index is 11.9. The molecule has 0 fully saturated rings. The molecule has 0 bridgehead atoms. The topological polar surface area (TPSA) is 92.4 Å². The van der Waals surface area contributed by atoms with Crippen LogP contribution in [0.15, 0.2) is 34.9 Å². The van der Waals surface area contributed by atoms with Crippen molar-refractivity contribution < 1.29 is 19.1 Å². The highest BCUT2D eigenvalue weighted by molar-refractivity contribution is 6.33. The Morgan fingerprint density at radius 2 is 2.12 bits per heavy atom. The molecule has 25 heavy (non-hydrogen) atoms. The second-order valence-electron chi connectivity index (χ2n) is 5.73. The second-order valence-corrected chi connectivity index (χ2v) is 6.13. The molecule has 0 spiro atoms. The number of halogens is 1. The quantitative estimate of drug-likeness (QED) is 0.709. The number of oxazole rings is 1. The van der Waals surface area contributed by atoms with E-state index in [1.54, 1.807) is 12.3 Å². The zero-order valence-corrected chi connectivity index (χ0v) is 14.8. The van der Waals surface area contributed by atoms with Crippen LogP contribution in [0.3, 0.4) is 0 Å². The summed E-state index contributed by atoms with van der Waals surface area (Å²) < 4.78 is 5.63.